The molecular formula is C12H13F3O3. The van der Waals surface area contributed by atoms with Crippen LogP contribution in [0.4, 0.5) is 13.2 Å². The normalized spacial score (nSPS) is 11.9. The van der Waals surface area contributed by atoms with Crippen LogP contribution in [-0.2, 0) is 6.42 Å². The molecule has 1 rings (SSSR count). The molecule has 3 nitrogen and oxygen atoms in total. The maximum Gasteiger partial charge on any atom is 0.455 e. The number of hydrogen-bond donors (Lipinski definition) is 2. The summed E-state index contributed by atoms with van der Waals surface area (Å²) in [5, 5.41) is 18.8. The first-order valence-corrected chi connectivity index (χ1v) is 5.29. The molecule has 0 aliphatic heterocycles. The Balaban J connectivity index is 3.25. The van der Waals surface area contributed by atoms with Crippen LogP contribution >= 0.6 is 0 Å². The quantitative estimate of drug-likeness (QED) is 0.823. The molecule has 0 saturated carbocycles. The number of phenols is 2. The molecule has 0 aliphatic rings. The van der Waals surface area contributed by atoms with Gasteiger partial charge in [0.1, 0.15) is 11.5 Å². The molecule has 0 heterocycles. The van der Waals surface area contributed by atoms with Crippen molar-refractivity contribution in [3.63, 3.8) is 0 Å². The Kier molecular flexibility index (Phi) is 3.88. The van der Waals surface area contributed by atoms with Gasteiger partial charge in [-0.3, -0.25) is 4.79 Å². The maximum absolute atomic E-state index is 12.3. The summed E-state index contributed by atoms with van der Waals surface area (Å²) in [6.45, 7) is 3.63. The molecule has 0 unspecified atom stereocenters. The van der Waals surface area contributed by atoms with Crippen LogP contribution in [0.5, 0.6) is 11.5 Å². The van der Waals surface area contributed by atoms with Crippen molar-refractivity contribution in [2.75, 3.05) is 0 Å². The molecule has 0 amide bonds. The van der Waals surface area contributed by atoms with E-state index in [4.69, 9.17) is 0 Å². The lowest BCUT2D eigenvalue weighted by Gasteiger charge is -2.12. The number of benzene rings is 1. The number of alkyl halides is 3. The first-order valence-electron chi connectivity index (χ1n) is 5.29. The number of hydrogen-bond acceptors (Lipinski definition) is 3. The third-order valence-corrected chi connectivity index (χ3v) is 2.33. The average Bonchev–Trinajstić information content (AvgIpc) is 2.19. The molecule has 18 heavy (non-hydrogen) atoms. The number of aromatic hydroxyl groups is 2. The van der Waals surface area contributed by atoms with Gasteiger partial charge in [-0.25, -0.2) is 0 Å². The summed E-state index contributed by atoms with van der Waals surface area (Å²) in [6, 6.07) is 1.65. The molecule has 0 saturated heterocycles. The van der Waals surface area contributed by atoms with Crippen LogP contribution < -0.4 is 0 Å². The van der Waals surface area contributed by atoms with Crippen molar-refractivity contribution in [1.29, 1.82) is 0 Å². The number of carbonyl (C=O) groups excluding carboxylic acids is 1. The van der Waals surface area contributed by atoms with Crippen LogP contribution in [0.1, 0.15) is 29.8 Å². The standard InChI is InChI=1S/C12H13F3O3/c1-6(2)3-7-4-8(10(17)5-9(7)16)11(18)12(13,14)15/h4-6,16-17H,3H2,1-2H3. The van der Waals surface area contributed by atoms with Crippen molar-refractivity contribution in [2.24, 2.45) is 5.92 Å². The summed E-state index contributed by atoms with van der Waals surface area (Å²) < 4.78 is 36.9. The van der Waals surface area contributed by atoms with Crippen LogP contribution in [0.2, 0.25) is 0 Å². The maximum atomic E-state index is 12.3. The fourth-order valence-electron chi connectivity index (χ4n) is 1.56. The Morgan fingerprint density at radius 1 is 1.22 bits per heavy atom. The molecule has 0 atom stereocenters. The largest absolute Gasteiger partial charge is 0.508 e. The molecule has 6 heteroatoms. The minimum Gasteiger partial charge on any atom is -0.508 e. The third kappa shape index (κ3) is 3.15. The second-order valence-electron chi connectivity index (χ2n) is 4.42. The van der Waals surface area contributed by atoms with Gasteiger partial charge >= 0.3 is 6.18 Å². The zero-order valence-electron chi connectivity index (χ0n) is 9.88. The predicted octanol–water partition coefficient (Wildman–Crippen LogP) is 3.04. The van der Waals surface area contributed by atoms with Gasteiger partial charge in [0.25, 0.3) is 5.78 Å². The van der Waals surface area contributed by atoms with Gasteiger partial charge in [-0.2, -0.15) is 13.2 Å². The number of phenolic OH excluding ortho intramolecular Hbond substituents is 2. The van der Waals surface area contributed by atoms with Gasteiger partial charge in [-0.05, 0) is 24.0 Å². The summed E-state index contributed by atoms with van der Waals surface area (Å²) in [5.41, 5.74) is -0.633. The molecule has 1 aromatic carbocycles. The topological polar surface area (TPSA) is 57.5 Å². The number of rotatable bonds is 3. The molecule has 0 aromatic heterocycles. The highest BCUT2D eigenvalue weighted by Crippen LogP contribution is 2.33. The van der Waals surface area contributed by atoms with Crippen LogP contribution in [0.3, 0.4) is 0 Å². The highest BCUT2D eigenvalue weighted by atomic mass is 19.4. The monoisotopic (exact) mass is 262 g/mol. The fraction of sp³-hybridized carbons (Fsp3) is 0.417. The smallest absolute Gasteiger partial charge is 0.455 e. The highest BCUT2D eigenvalue weighted by Gasteiger charge is 2.41. The van der Waals surface area contributed by atoms with E-state index in [0.717, 1.165) is 12.1 Å². The average molecular weight is 262 g/mol. The van der Waals surface area contributed by atoms with E-state index in [2.05, 4.69) is 0 Å². The number of halogens is 3. The first kappa shape index (κ1) is 14.3. The summed E-state index contributed by atoms with van der Waals surface area (Å²) in [7, 11) is 0. The summed E-state index contributed by atoms with van der Waals surface area (Å²) in [6.07, 6.45) is -4.74. The van der Waals surface area contributed by atoms with Gasteiger partial charge in [0, 0.05) is 6.07 Å². The minimum atomic E-state index is -5.05. The lowest BCUT2D eigenvalue weighted by atomic mass is 9.98. The summed E-state index contributed by atoms with van der Waals surface area (Å²) in [4.78, 5) is 11.1. The zero-order chi connectivity index (χ0) is 14.1. The highest BCUT2D eigenvalue weighted by molar-refractivity contribution is 6.02. The molecule has 0 radical (unpaired) electrons. The lowest BCUT2D eigenvalue weighted by molar-refractivity contribution is -0.0886. The second-order valence-corrected chi connectivity index (χ2v) is 4.42. The number of carbonyl (C=O) groups is 1. The third-order valence-electron chi connectivity index (χ3n) is 2.33. The van der Waals surface area contributed by atoms with E-state index < -0.39 is 23.3 Å². The Morgan fingerprint density at radius 3 is 2.22 bits per heavy atom. The van der Waals surface area contributed by atoms with E-state index in [1.165, 1.54) is 0 Å². The molecule has 1 aromatic rings. The van der Waals surface area contributed by atoms with Gasteiger partial charge in [-0.1, -0.05) is 13.8 Å². The van der Waals surface area contributed by atoms with E-state index in [9.17, 15) is 28.2 Å². The molecule has 0 bridgehead atoms. The van der Waals surface area contributed by atoms with Gasteiger partial charge in [0.05, 0.1) is 5.56 Å². The van der Waals surface area contributed by atoms with E-state index in [1.54, 1.807) is 0 Å². The van der Waals surface area contributed by atoms with Crippen molar-refractivity contribution in [2.45, 2.75) is 26.4 Å². The first-order chi connectivity index (χ1) is 8.12. The zero-order valence-corrected chi connectivity index (χ0v) is 9.88. The fourth-order valence-corrected chi connectivity index (χ4v) is 1.56. The molecule has 100 valence electrons. The lowest BCUT2D eigenvalue weighted by Crippen LogP contribution is -2.23. The Hall–Kier alpha value is -1.72. The van der Waals surface area contributed by atoms with Gasteiger partial charge < -0.3 is 10.2 Å². The Morgan fingerprint density at radius 2 is 1.78 bits per heavy atom. The number of ketones is 1. The van der Waals surface area contributed by atoms with E-state index in [-0.39, 0.29) is 17.2 Å². The SMILES string of the molecule is CC(C)Cc1cc(C(=O)C(F)(F)F)c(O)cc1O. The predicted molar refractivity (Wildman–Crippen MR) is 58.7 cm³/mol. The summed E-state index contributed by atoms with van der Waals surface area (Å²) in [5.74, 6) is -3.22. The van der Waals surface area contributed by atoms with Crippen LogP contribution in [0.15, 0.2) is 12.1 Å². The van der Waals surface area contributed by atoms with Crippen molar-refractivity contribution in [1.82, 2.24) is 0 Å². The summed E-state index contributed by atoms with van der Waals surface area (Å²) >= 11 is 0. The van der Waals surface area contributed by atoms with E-state index in [0.29, 0.717) is 6.42 Å². The van der Waals surface area contributed by atoms with E-state index in [1.807, 2.05) is 13.8 Å². The van der Waals surface area contributed by atoms with Gasteiger partial charge in [-0.15, -0.1) is 0 Å². The number of Topliss-reactive ketones (excluding diaryl/α,β-unsaturated/α-hetero) is 1. The van der Waals surface area contributed by atoms with Crippen molar-refractivity contribution < 1.29 is 28.2 Å². The van der Waals surface area contributed by atoms with Crippen LogP contribution in [0.25, 0.3) is 0 Å². The van der Waals surface area contributed by atoms with Crippen molar-refractivity contribution >= 4 is 5.78 Å². The van der Waals surface area contributed by atoms with E-state index >= 15 is 0 Å². The molecule has 0 fully saturated rings. The second kappa shape index (κ2) is 4.88. The van der Waals surface area contributed by atoms with Crippen molar-refractivity contribution in [3.8, 4) is 11.5 Å². The van der Waals surface area contributed by atoms with Gasteiger partial charge in [0.15, 0.2) is 0 Å². The van der Waals surface area contributed by atoms with Crippen molar-refractivity contribution in [3.05, 3.63) is 23.3 Å². The molecular weight excluding hydrogens is 249 g/mol. The van der Waals surface area contributed by atoms with Crippen LogP contribution in [-0.4, -0.2) is 22.2 Å². The van der Waals surface area contributed by atoms with Crippen LogP contribution in [0, 0.1) is 5.92 Å². The molecule has 2 N–H and O–H groups in total. The minimum absolute atomic E-state index is 0.0919. The Bertz CT molecular complexity index is 464. The Labute approximate surface area is 102 Å². The molecule has 0 aliphatic carbocycles. The molecule has 0 spiro atoms. The van der Waals surface area contributed by atoms with Gasteiger partial charge in [0.2, 0.25) is 0 Å².